The van der Waals surface area contributed by atoms with Gasteiger partial charge in [-0.2, -0.15) is 0 Å². The molecule has 6 nitrogen and oxygen atoms in total. The van der Waals surface area contributed by atoms with E-state index in [2.05, 4.69) is 9.47 Å². The summed E-state index contributed by atoms with van der Waals surface area (Å²) in [5.74, 6) is 0. The van der Waals surface area contributed by atoms with Crippen LogP contribution in [0.3, 0.4) is 0 Å². The maximum absolute atomic E-state index is 9.44. The van der Waals surface area contributed by atoms with Crippen molar-refractivity contribution in [1.82, 2.24) is 0 Å². The molecule has 0 saturated carbocycles. The number of carboxylic acid groups (broad SMARTS) is 2. The monoisotopic (exact) mass is 160 g/mol. The Kier molecular flexibility index (Phi) is 15.3. The summed E-state index contributed by atoms with van der Waals surface area (Å²) in [5.41, 5.74) is 0. The molecule has 0 radical (unpaired) electrons. The molecule has 0 aromatic heterocycles. The number of carbonyl (C=O) groups excluding carboxylic acids is 2. The van der Waals surface area contributed by atoms with Crippen LogP contribution >= 0.6 is 0 Å². The molecular weight excluding hydrogens is 158 g/mol. The second-order valence-corrected chi connectivity index (χ2v) is 1.01. The zero-order valence-corrected chi connectivity index (χ0v) is 6.60. The Morgan fingerprint density at radius 2 is 1.17 bits per heavy atom. The molecule has 0 fully saturated rings. The largest absolute Gasteiger partial charge is 1.00 e. The van der Waals surface area contributed by atoms with Crippen LogP contribution in [0.15, 0.2) is 12.5 Å². The zero-order chi connectivity index (χ0) is 7.98. The van der Waals surface area contributed by atoms with Crippen LogP contribution in [0.5, 0.6) is 0 Å². The van der Waals surface area contributed by atoms with Crippen LogP contribution in [0, 0.1) is 0 Å². The topological polar surface area (TPSA) is 98.7 Å². The van der Waals surface area contributed by atoms with E-state index in [4.69, 9.17) is 0 Å². The maximum Gasteiger partial charge on any atom is 1.00 e. The van der Waals surface area contributed by atoms with Gasteiger partial charge in [-0.15, -0.1) is 0 Å². The molecule has 0 rings (SSSR count). The first-order chi connectivity index (χ1) is 4.63. The van der Waals surface area contributed by atoms with Gasteiger partial charge in [-0.25, -0.2) is 0 Å². The summed E-state index contributed by atoms with van der Waals surface area (Å²) in [6, 6.07) is 0. The minimum absolute atomic E-state index is 0. The average molecular weight is 160 g/mol. The van der Waals surface area contributed by atoms with E-state index in [9.17, 15) is 19.8 Å². The summed E-state index contributed by atoms with van der Waals surface area (Å²) < 4.78 is 7.20. The van der Waals surface area contributed by atoms with Crippen molar-refractivity contribution in [3.8, 4) is 0 Å². The third-order valence-corrected chi connectivity index (χ3v) is 0.384. The van der Waals surface area contributed by atoms with Crippen LogP contribution in [0.2, 0.25) is 0 Å². The summed E-state index contributed by atoms with van der Waals surface area (Å²) in [4.78, 5) is 18.9. The molecule has 0 heterocycles. The number of hydrogen-bond acceptors (Lipinski definition) is 6. The van der Waals surface area contributed by atoms with E-state index in [0.29, 0.717) is 12.5 Å². The number of hydrogen-bond donors (Lipinski definition) is 0. The SMILES string of the molecule is O=C([O-])O/C=C/OC(=O)[O-].[Li+].[Li+]. The molecular formula is C4H2Li2O6. The van der Waals surface area contributed by atoms with Gasteiger partial charge in [0.15, 0.2) is 0 Å². The number of ether oxygens (including phenoxy) is 2. The molecule has 12 heavy (non-hydrogen) atoms. The fourth-order valence-electron chi connectivity index (χ4n) is 0.167. The van der Waals surface area contributed by atoms with Gasteiger partial charge in [0.05, 0.1) is 0 Å². The smallest absolute Gasteiger partial charge is 0.520 e. The van der Waals surface area contributed by atoms with Crippen LogP contribution in [-0.2, 0) is 9.47 Å². The summed E-state index contributed by atoms with van der Waals surface area (Å²) in [5, 5.41) is 18.9. The van der Waals surface area contributed by atoms with Crippen molar-refractivity contribution in [2.75, 3.05) is 0 Å². The zero-order valence-electron chi connectivity index (χ0n) is 6.60. The second kappa shape index (κ2) is 10.5. The standard InChI is InChI=1S/C4H4O6.2Li/c5-3(6)9-1-2-10-4(7)8;;/h1-2H,(H,5,6)(H,7,8);;/q;2*+1/p-2/b2-1+;;. The van der Waals surface area contributed by atoms with Gasteiger partial charge >= 0.3 is 37.7 Å². The Bertz CT molecular complexity index is 149. The van der Waals surface area contributed by atoms with Crippen LogP contribution in [0.4, 0.5) is 9.59 Å². The molecule has 56 valence electrons. The minimum Gasteiger partial charge on any atom is -0.520 e. The Balaban J connectivity index is -0.000000405. The van der Waals surface area contributed by atoms with Gasteiger partial charge in [-0.05, 0) is 0 Å². The van der Waals surface area contributed by atoms with Gasteiger partial charge in [0.1, 0.15) is 0 Å². The van der Waals surface area contributed by atoms with Gasteiger partial charge < -0.3 is 29.3 Å². The molecule has 0 unspecified atom stereocenters. The normalized spacial score (nSPS) is 7.67. The van der Waals surface area contributed by atoms with Crippen molar-refractivity contribution in [3.05, 3.63) is 12.5 Å². The van der Waals surface area contributed by atoms with Crippen molar-refractivity contribution in [2.45, 2.75) is 0 Å². The molecule has 0 bridgehead atoms. The molecule has 0 aromatic carbocycles. The second-order valence-electron chi connectivity index (χ2n) is 1.01. The minimum atomic E-state index is -1.81. The van der Waals surface area contributed by atoms with E-state index < -0.39 is 12.3 Å². The van der Waals surface area contributed by atoms with Crippen LogP contribution in [0.25, 0.3) is 0 Å². The van der Waals surface area contributed by atoms with E-state index in [1.807, 2.05) is 0 Å². The van der Waals surface area contributed by atoms with Crippen molar-refractivity contribution < 1.29 is 67.0 Å². The Morgan fingerprint density at radius 1 is 0.917 bits per heavy atom. The van der Waals surface area contributed by atoms with Crippen LogP contribution in [-0.4, -0.2) is 12.3 Å². The Labute approximate surface area is 91.9 Å². The van der Waals surface area contributed by atoms with Crippen molar-refractivity contribution >= 4 is 12.3 Å². The van der Waals surface area contributed by atoms with Crippen molar-refractivity contribution in [1.29, 1.82) is 0 Å². The number of carbonyl (C=O) groups is 2. The first-order valence-electron chi connectivity index (χ1n) is 2.03. The van der Waals surface area contributed by atoms with Gasteiger partial charge in [0.25, 0.3) is 12.3 Å². The first kappa shape index (κ1) is 17.5. The van der Waals surface area contributed by atoms with Gasteiger partial charge in [0.2, 0.25) is 0 Å². The number of rotatable bonds is 2. The molecule has 0 amide bonds. The summed E-state index contributed by atoms with van der Waals surface area (Å²) >= 11 is 0. The summed E-state index contributed by atoms with van der Waals surface area (Å²) in [7, 11) is 0. The van der Waals surface area contributed by atoms with Crippen molar-refractivity contribution in [2.24, 2.45) is 0 Å². The first-order valence-corrected chi connectivity index (χ1v) is 2.03. The summed E-state index contributed by atoms with van der Waals surface area (Å²) in [6.45, 7) is 0. The molecule has 0 spiro atoms. The van der Waals surface area contributed by atoms with E-state index in [0.717, 1.165) is 0 Å². The third-order valence-electron chi connectivity index (χ3n) is 0.384. The van der Waals surface area contributed by atoms with E-state index >= 15 is 0 Å². The van der Waals surface area contributed by atoms with E-state index in [1.54, 1.807) is 0 Å². The maximum atomic E-state index is 9.44. The predicted octanol–water partition coefficient (Wildman–Crippen LogP) is -7.81. The fourth-order valence-corrected chi connectivity index (χ4v) is 0.167. The molecule has 0 aliphatic rings. The van der Waals surface area contributed by atoms with E-state index in [1.165, 1.54) is 0 Å². The van der Waals surface area contributed by atoms with Crippen LogP contribution < -0.4 is 47.9 Å². The van der Waals surface area contributed by atoms with Crippen LogP contribution in [0.1, 0.15) is 0 Å². The predicted molar refractivity (Wildman–Crippen MR) is 22.1 cm³/mol. The molecule has 0 aliphatic heterocycles. The fraction of sp³-hybridized carbons (Fsp3) is 0. The molecule has 8 heteroatoms. The Morgan fingerprint density at radius 3 is 1.33 bits per heavy atom. The van der Waals surface area contributed by atoms with Gasteiger partial charge in [-0.1, -0.05) is 0 Å². The molecule has 0 aliphatic carbocycles. The van der Waals surface area contributed by atoms with Crippen molar-refractivity contribution in [3.63, 3.8) is 0 Å². The van der Waals surface area contributed by atoms with Gasteiger partial charge in [0, 0.05) is 12.5 Å². The Hall–Kier alpha value is -0.525. The average Bonchev–Trinajstić information content (AvgIpc) is 1.79. The van der Waals surface area contributed by atoms with E-state index in [-0.39, 0.29) is 37.7 Å². The molecule has 0 atom stereocenters. The molecule has 0 saturated heterocycles. The third kappa shape index (κ3) is 16.2. The molecule has 0 aromatic rings. The quantitative estimate of drug-likeness (QED) is 0.226. The molecule has 0 N–H and O–H groups in total. The summed E-state index contributed by atoms with van der Waals surface area (Å²) in [6.07, 6.45) is -2.63. The van der Waals surface area contributed by atoms with Gasteiger partial charge in [-0.3, -0.25) is 0 Å².